The van der Waals surface area contributed by atoms with Gasteiger partial charge in [0.2, 0.25) is 0 Å². The van der Waals surface area contributed by atoms with Gasteiger partial charge >= 0.3 is 0 Å². The molecular formula is C22H24N6O2. The Hall–Kier alpha value is -3.65. The van der Waals surface area contributed by atoms with Gasteiger partial charge in [-0.25, -0.2) is 4.68 Å². The number of nitrogens with one attached hydrogen (secondary N) is 1. The number of para-hydroxylation sites is 1. The number of hydrogen-bond donors (Lipinski definition) is 2. The predicted molar refractivity (Wildman–Crippen MR) is 115 cm³/mol. The molecule has 8 nitrogen and oxygen atoms in total. The summed E-state index contributed by atoms with van der Waals surface area (Å²) in [7, 11) is 2.06. The van der Waals surface area contributed by atoms with Crippen molar-refractivity contribution >= 4 is 23.3 Å². The van der Waals surface area contributed by atoms with Gasteiger partial charge in [-0.15, -0.1) is 5.10 Å². The molecule has 8 heteroatoms. The van der Waals surface area contributed by atoms with Crippen LogP contribution in [0, 0.1) is 0 Å². The zero-order chi connectivity index (χ0) is 21.1. The second kappa shape index (κ2) is 8.38. The third-order valence-electron chi connectivity index (χ3n) is 5.19. The van der Waals surface area contributed by atoms with E-state index in [0.29, 0.717) is 17.1 Å². The van der Waals surface area contributed by atoms with Crippen molar-refractivity contribution in [1.82, 2.24) is 19.6 Å². The Balaban J connectivity index is 1.51. The maximum Gasteiger partial charge on any atom is 0.254 e. The number of piperazine rings is 1. The third-order valence-corrected chi connectivity index (χ3v) is 5.19. The molecule has 0 spiro atoms. The summed E-state index contributed by atoms with van der Waals surface area (Å²) < 4.78 is 1.60. The predicted octanol–water partition coefficient (Wildman–Crippen LogP) is 2.10. The van der Waals surface area contributed by atoms with Gasteiger partial charge in [0.25, 0.3) is 11.8 Å². The van der Waals surface area contributed by atoms with E-state index in [1.54, 1.807) is 35.1 Å². The average molecular weight is 404 g/mol. The number of hydrogen-bond acceptors (Lipinski definition) is 5. The monoisotopic (exact) mass is 404 g/mol. The van der Waals surface area contributed by atoms with Crippen LogP contribution in [0.15, 0.2) is 60.8 Å². The fraction of sp³-hybridized carbons (Fsp3) is 0.227. The molecule has 0 bridgehead atoms. The number of nitrogens with two attached hydrogens (primary N) is 1. The first-order valence-corrected chi connectivity index (χ1v) is 9.81. The molecule has 2 heterocycles. The van der Waals surface area contributed by atoms with Crippen LogP contribution in [0.1, 0.15) is 20.7 Å². The molecule has 0 aliphatic carbocycles. The summed E-state index contributed by atoms with van der Waals surface area (Å²) in [5, 5.41) is 7.59. The second-order valence-corrected chi connectivity index (χ2v) is 7.33. The highest BCUT2D eigenvalue weighted by Crippen LogP contribution is 2.22. The maximum atomic E-state index is 12.7. The Labute approximate surface area is 174 Å². The van der Waals surface area contributed by atoms with Crippen LogP contribution in [0.5, 0.6) is 0 Å². The maximum absolute atomic E-state index is 12.7. The minimum atomic E-state index is -0.568. The molecule has 154 valence electrons. The summed E-state index contributed by atoms with van der Waals surface area (Å²) in [6.45, 7) is 3.22. The number of likely N-dealkylation sites (N-methyl/N-ethyl adjacent to an activating group) is 1. The summed E-state index contributed by atoms with van der Waals surface area (Å²) in [5.41, 5.74) is 7.99. The smallest absolute Gasteiger partial charge is 0.254 e. The molecular weight excluding hydrogens is 380 g/mol. The lowest BCUT2D eigenvalue weighted by atomic mass is 10.1. The lowest BCUT2D eigenvalue weighted by Crippen LogP contribution is -2.47. The van der Waals surface area contributed by atoms with Crippen molar-refractivity contribution in [3.05, 3.63) is 71.9 Å². The molecule has 0 atom stereocenters. The molecule has 1 saturated heterocycles. The summed E-state index contributed by atoms with van der Waals surface area (Å²) in [6, 6.07) is 16.6. The van der Waals surface area contributed by atoms with Crippen LogP contribution < -0.4 is 11.1 Å². The molecule has 4 rings (SSSR count). The van der Waals surface area contributed by atoms with Gasteiger partial charge in [0.1, 0.15) is 5.56 Å². The van der Waals surface area contributed by atoms with Crippen molar-refractivity contribution in [2.45, 2.75) is 0 Å². The lowest BCUT2D eigenvalue weighted by molar-refractivity contribution is 0.0664. The molecule has 1 aliphatic rings. The highest BCUT2D eigenvalue weighted by atomic mass is 16.2. The quantitative estimate of drug-likeness (QED) is 0.679. The topological polar surface area (TPSA) is 96.5 Å². The summed E-state index contributed by atoms with van der Waals surface area (Å²) in [5.74, 6) is -0.174. The number of amides is 2. The van der Waals surface area contributed by atoms with Crippen molar-refractivity contribution in [2.24, 2.45) is 5.73 Å². The number of anilines is 2. The van der Waals surface area contributed by atoms with E-state index in [4.69, 9.17) is 5.73 Å². The van der Waals surface area contributed by atoms with E-state index in [1.165, 1.54) is 0 Å². The van der Waals surface area contributed by atoms with E-state index < -0.39 is 5.91 Å². The standard InChI is InChI=1S/C22H24N6O2/c1-26-11-13-27(14-12-26)22(30)16-7-9-17(10-8-16)24-21-19(20(23)29)15-28(25-21)18-5-3-2-4-6-18/h2-10,15H,11-14H2,1H3,(H2,23,29)(H,24,25). The molecule has 0 saturated carbocycles. The van der Waals surface area contributed by atoms with Gasteiger partial charge in [-0.1, -0.05) is 18.2 Å². The van der Waals surface area contributed by atoms with E-state index in [2.05, 4.69) is 22.4 Å². The fourth-order valence-corrected chi connectivity index (χ4v) is 3.38. The molecule has 1 aliphatic heterocycles. The number of carbonyl (C=O) groups is 2. The van der Waals surface area contributed by atoms with Crippen LogP contribution >= 0.6 is 0 Å². The summed E-state index contributed by atoms with van der Waals surface area (Å²) in [6.07, 6.45) is 1.60. The van der Waals surface area contributed by atoms with Crippen molar-refractivity contribution in [1.29, 1.82) is 0 Å². The number of primary amides is 1. The van der Waals surface area contributed by atoms with Gasteiger partial charge in [0, 0.05) is 43.6 Å². The van der Waals surface area contributed by atoms with Crippen LogP contribution in [-0.2, 0) is 0 Å². The second-order valence-electron chi connectivity index (χ2n) is 7.33. The molecule has 30 heavy (non-hydrogen) atoms. The van der Waals surface area contributed by atoms with Crippen LogP contribution in [0.2, 0.25) is 0 Å². The van der Waals surface area contributed by atoms with E-state index in [9.17, 15) is 9.59 Å². The van der Waals surface area contributed by atoms with E-state index in [1.807, 2.05) is 35.2 Å². The molecule has 2 aromatic carbocycles. The van der Waals surface area contributed by atoms with Crippen LogP contribution in [0.3, 0.4) is 0 Å². The first-order valence-electron chi connectivity index (χ1n) is 9.81. The normalized spacial score (nSPS) is 14.5. The minimum Gasteiger partial charge on any atom is -0.365 e. The van der Waals surface area contributed by atoms with Gasteiger partial charge in [-0.3, -0.25) is 9.59 Å². The number of nitrogens with zero attached hydrogens (tertiary/aromatic N) is 4. The lowest BCUT2D eigenvalue weighted by Gasteiger charge is -2.32. The van der Waals surface area contributed by atoms with Gasteiger partial charge in [0.15, 0.2) is 5.82 Å². The zero-order valence-corrected chi connectivity index (χ0v) is 16.8. The number of aromatic nitrogens is 2. The van der Waals surface area contributed by atoms with Gasteiger partial charge in [0.05, 0.1) is 5.69 Å². The molecule has 3 aromatic rings. The first kappa shape index (κ1) is 19.7. The Kier molecular flexibility index (Phi) is 5.49. The van der Waals surface area contributed by atoms with E-state index in [0.717, 1.165) is 31.9 Å². The van der Waals surface area contributed by atoms with E-state index >= 15 is 0 Å². The van der Waals surface area contributed by atoms with Crippen molar-refractivity contribution in [3.63, 3.8) is 0 Å². The third kappa shape index (κ3) is 4.18. The number of benzene rings is 2. The molecule has 0 unspecified atom stereocenters. The SMILES string of the molecule is CN1CCN(C(=O)c2ccc(Nc3nn(-c4ccccc4)cc3C(N)=O)cc2)CC1. The Morgan fingerprint density at radius 1 is 0.967 bits per heavy atom. The van der Waals surface area contributed by atoms with Crippen molar-refractivity contribution < 1.29 is 9.59 Å². The number of carbonyl (C=O) groups excluding carboxylic acids is 2. The molecule has 1 fully saturated rings. The molecule has 3 N–H and O–H groups in total. The highest BCUT2D eigenvalue weighted by Gasteiger charge is 2.20. The molecule has 0 radical (unpaired) electrons. The summed E-state index contributed by atoms with van der Waals surface area (Å²) >= 11 is 0. The van der Waals surface area contributed by atoms with Gasteiger partial charge < -0.3 is 20.9 Å². The Morgan fingerprint density at radius 2 is 1.63 bits per heavy atom. The van der Waals surface area contributed by atoms with Crippen molar-refractivity contribution in [2.75, 3.05) is 38.5 Å². The largest absolute Gasteiger partial charge is 0.365 e. The minimum absolute atomic E-state index is 0.0285. The first-order chi connectivity index (χ1) is 14.5. The summed E-state index contributed by atoms with van der Waals surface area (Å²) in [4.78, 5) is 28.6. The van der Waals surface area contributed by atoms with Gasteiger partial charge in [-0.2, -0.15) is 0 Å². The van der Waals surface area contributed by atoms with Gasteiger partial charge in [-0.05, 0) is 43.4 Å². The molecule has 1 aromatic heterocycles. The zero-order valence-electron chi connectivity index (χ0n) is 16.8. The highest BCUT2D eigenvalue weighted by molar-refractivity contribution is 5.98. The van der Waals surface area contributed by atoms with Crippen LogP contribution in [-0.4, -0.2) is 64.6 Å². The van der Waals surface area contributed by atoms with E-state index in [-0.39, 0.29) is 11.5 Å². The molecule has 2 amide bonds. The Morgan fingerprint density at radius 3 is 2.27 bits per heavy atom. The Bertz CT molecular complexity index is 1040. The van der Waals surface area contributed by atoms with Crippen molar-refractivity contribution in [3.8, 4) is 5.69 Å². The number of rotatable bonds is 5. The fourth-order valence-electron chi connectivity index (χ4n) is 3.38. The van der Waals surface area contributed by atoms with Crippen LogP contribution in [0.4, 0.5) is 11.5 Å². The van der Waals surface area contributed by atoms with Crippen LogP contribution in [0.25, 0.3) is 5.69 Å². The average Bonchev–Trinajstić information content (AvgIpc) is 3.19.